The van der Waals surface area contributed by atoms with Gasteiger partial charge in [-0.05, 0) is 42.2 Å². The van der Waals surface area contributed by atoms with E-state index in [0.717, 1.165) is 56.9 Å². The lowest BCUT2D eigenvalue weighted by atomic mass is 10.1. The van der Waals surface area contributed by atoms with Gasteiger partial charge in [0.2, 0.25) is 5.91 Å². The van der Waals surface area contributed by atoms with Crippen molar-refractivity contribution in [2.75, 3.05) is 53.6 Å². The van der Waals surface area contributed by atoms with Gasteiger partial charge in [-0.1, -0.05) is 12.1 Å². The fourth-order valence-corrected chi connectivity index (χ4v) is 3.86. The van der Waals surface area contributed by atoms with E-state index in [9.17, 15) is 4.79 Å². The Morgan fingerprint density at radius 3 is 2.61 bits per heavy atom. The molecule has 0 aliphatic carbocycles. The molecule has 0 atom stereocenters. The van der Waals surface area contributed by atoms with E-state index in [2.05, 4.69) is 9.88 Å². The van der Waals surface area contributed by atoms with Crippen LogP contribution < -0.4 is 9.47 Å². The molecule has 0 N–H and O–H groups in total. The number of ether oxygens (including phenoxy) is 3. The quantitative estimate of drug-likeness (QED) is 0.550. The van der Waals surface area contributed by atoms with Gasteiger partial charge in [-0.3, -0.25) is 14.7 Å². The fraction of sp³-hybridized carbons (Fsp3) is 0.500. The Balaban J connectivity index is 1.61. The highest BCUT2D eigenvalue weighted by atomic mass is 16.5. The van der Waals surface area contributed by atoms with Crippen LogP contribution in [0.4, 0.5) is 0 Å². The summed E-state index contributed by atoms with van der Waals surface area (Å²) < 4.78 is 16.3. The average molecular weight is 428 g/mol. The van der Waals surface area contributed by atoms with Crippen molar-refractivity contribution in [3.8, 4) is 11.5 Å². The van der Waals surface area contributed by atoms with Gasteiger partial charge in [0.15, 0.2) is 11.5 Å². The molecule has 1 aromatic heterocycles. The van der Waals surface area contributed by atoms with E-state index < -0.39 is 0 Å². The Bertz CT molecular complexity index is 810. The van der Waals surface area contributed by atoms with Crippen LogP contribution in [-0.2, 0) is 22.5 Å². The summed E-state index contributed by atoms with van der Waals surface area (Å²) in [6, 6.07) is 9.71. The number of carbonyl (C=O) groups excluding carboxylic acids is 1. The van der Waals surface area contributed by atoms with Crippen molar-refractivity contribution in [1.82, 2.24) is 14.8 Å². The number of amides is 1. The van der Waals surface area contributed by atoms with Crippen LogP contribution >= 0.6 is 0 Å². The highest BCUT2D eigenvalue weighted by Gasteiger charge is 2.17. The maximum Gasteiger partial charge on any atom is 0.223 e. The summed E-state index contributed by atoms with van der Waals surface area (Å²) in [5.41, 5.74) is 2.07. The number of hydrogen-bond acceptors (Lipinski definition) is 6. The topological polar surface area (TPSA) is 64.1 Å². The maximum atomic E-state index is 13.2. The minimum atomic E-state index is 0.142. The molecule has 2 aromatic rings. The summed E-state index contributed by atoms with van der Waals surface area (Å²) in [5, 5.41) is 0. The minimum Gasteiger partial charge on any atom is -0.493 e. The van der Waals surface area contributed by atoms with Crippen molar-refractivity contribution in [2.24, 2.45) is 0 Å². The van der Waals surface area contributed by atoms with Crippen LogP contribution in [0, 0.1) is 0 Å². The minimum absolute atomic E-state index is 0.142. The molecule has 0 bridgehead atoms. The van der Waals surface area contributed by atoms with Crippen molar-refractivity contribution in [3.63, 3.8) is 0 Å². The Morgan fingerprint density at radius 2 is 1.90 bits per heavy atom. The van der Waals surface area contributed by atoms with Crippen molar-refractivity contribution < 1.29 is 19.0 Å². The number of hydrogen-bond donors (Lipinski definition) is 0. The smallest absolute Gasteiger partial charge is 0.223 e. The van der Waals surface area contributed by atoms with E-state index in [1.807, 2.05) is 35.2 Å². The van der Waals surface area contributed by atoms with Crippen molar-refractivity contribution in [3.05, 3.63) is 53.9 Å². The number of aryl methyl sites for hydroxylation is 1. The number of carbonyl (C=O) groups is 1. The molecule has 0 saturated carbocycles. The number of methoxy groups -OCH3 is 2. The lowest BCUT2D eigenvalue weighted by Crippen LogP contribution is -2.39. The maximum absolute atomic E-state index is 13.2. The predicted molar refractivity (Wildman–Crippen MR) is 119 cm³/mol. The third-order valence-corrected chi connectivity index (χ3v) is 5.57. The SMILES string of the molecule is COc1cccc(CCC(=O)N(CCCN2CCOCC2)Cc2ccncc2)c1OC. The summed E-state index contributed by atoms with van der Waals surface area (Å²) in [6.07, 6.45) is 5.51. The van der Waals surface area contributed by atoms with Crippen molar-refractivity contribution in [2.45, 2.75) is 25.8 Å². The fourth-order valence-electron chi connectivity index (χ4n) is 3.86. The molecular formula is C24H33N3O4. The summed E-state index contributed by atoms with van der Waals surface area (Å²) in [5.74, 6) is 1.53. The van der Waals surface area contributed by atoms with Crippen LogP contribution in [0.15, 0.2) is 42.7 Å². The lowest BCUT2D eigenvalue weighted by Gasteiger charge is -2.28. The van der Waals surface area contributed by atoms with E-state index in [1.165, 1.54) is 0 Å². The van der Waals surface area contributed by atoms with Gasteiger partial charge < -0.3 is 19.1 Å². The van der Waals surface area contributed by atoms with Gasteiger partial charge in [0.25, 0.3) is 0 Å². The number of pyridine rings is 1. The zero-order valence-corrected chi connectivity index (χ0v) is 18.6. The molecule has 31 heavy (non-hydrogen) atoms. The third-order valence-electron chi connectivity index (χ3n) is 5.57. The number of benzene rings is 1. The van der Waals surface area contributed by atoms with Crippen molar-refractivity contribution in [1.29, 1.82) is 0 Å². The second kappa shape index (κ2) is 12.3. The summed E-state index contributed by atoms with van der Waals surface area (Å²) in [4.78, 5) is 21.6. The molecule has 1 amide bonds. The van der Waals surface area contributed by atoms with Crippen molar-refractivity contribution >= 4 is 5.91 Å². The van der Waals surface area contributed by atoms with Crippen LogP contribution in [0.3, 0.4) is 0 Å². The molecule has 0 unspecified atom stereocenters. The first kappa shape index (κ1) is 23.0. The molecule has 1 aliphatic rings. The van der Waals surface area contributed by atoms with Crippen LogP contribution in [0.2, 0.25) is 0 Å². The highest BCUT2D eigenvalue weighted by Crippen LogP contribution is 2.31. The molecule has 1 fully saturated rings. The number of aromatic nitrogens is 1. The van der Waals surface area contributed by atoms with Gasteiger partial charge in [0.1, 0.15) is 0 Å². The van der Waals surface area contributed by atoms with Gasteiger partial charge in [0, 0.05) is 51.5 Å². The molecule has 1 aromatic carbocycles. The van der Waals surface area contributed by atoms with Gasteiger partial charge in [-0.25, -0.2) is 0 Å². The van der Waals surface area contributed by atoms with E-state index in [4.69, 9.17) is 14.2 Å². The van der Waals surface area contributed by atoms with Crippen LogP contribution in [0.1, 0.15) is 24.0 Å². The molecule has 3 rings (SSSR count). The average Bonchev–Trinajstić information content (AvgIpc) is 2.82. The van der Waals surface area contributed by atoms with Gasteiger partial charge in [-0.2, -0.15) is 0 Å². The van der Waals surface area contributed by atoms with E-state index >= 15 is 0 Å². The zero-order valence-electron chi connectivity index (χ0n) is 18.6. The standard InChI is InChI=1S/C24H33N3O4/c1-29-22-6-3-5-21(24(22)30-2)7-8-23(28)27(19-20-9-11-25-12-10-20)14-4-13-26-15-17-31-18-16-26/h3,5-6,9-12H,4,7-8,13-19H2,1-2H3. The van der Waals surface area contributed by atoms with E-state index in [0.29, 0.717) is 30.9 Å². The number of morpholine rings is 1. The van der Waals surface area contributed by atoms with Gasteiger partial charge >= 0.3 is 0 Å². The van der Waals surface area contributed by atoms with Gasteiger partial charge in [-0.15, -0.1) is 0 Å². The Morgan fingerprint density at radius 1 is 1.13 bits per heavy atom. The summed E-state index contributed by atoms with van der Waals surface area (Å²) >= 11 is 0. The first-order valence-corrected chi connectivity index (χ1v) is 10.9. The Labute approximate surface area is 184 Å². The number of rotatable bonds is 11. The number of para-hydroxylation sites is 1. The van der Waals surface area contributed by atoms with Crippen LogP contribution in [0.5, 0.6) is 11.5 Å². The molecule has 1 aliphatic heterocycles. The molecule has 7 heteroatoms. The lowest BCUT2D eigenvalue weighted by molar-refractivity contribution is -0.132. The first-order valence-electron chi connectivity index (χ1n) is 10.9. The van der Waals surface area contributed by atoms with E-state index in [-0.39, 0.29) is 5.91 Å². The molecule has 7 nitrogen and oxygen atoms in total. The molecule has 2 heterocycles. The Kier molecular flexibility index (Phi) is 9.12. The Hall–Kier alpha value is -2.64. The predicted octanol–water partition coefficient (Wildman–Crippen LogP) is 2.78. The number of nitrogens with zero attached hydrogens (tertiary/aromatic N) is 3. The normalized spacial score (nSPS) is 14.3. The molecular weight excluding hydrogens is 394 g/mol. The molecule has 0 radical (unpaired) electrons. The van der Waals surface area contributed by atoms with Crippen LogP contribution in [-0.4, -0.2) is 74.3 Å². The second-order valence-electron chi connectivity index (χ2n) is 7.63. The van der Waals surface area contributed by atoms with E-state index in [1.54, 1.807) is 26.6 Å². The highest BCUT2D eigenvalue weighted by molar-refractivity contribution is 5.76. The monoisotopic (exact) mass is 427 g/mol. The largest absolute Gasteiger partial charge is 0.493 e. The zero-order chi connectivity index (χ0) is 21.9. The summed E-state index contributed by atoms with van der Waals surface area (Å²) in [7, 11) is 3.25. The summed E-state index contributed by atoms with van der Waals surface area (Å²) in [6.45, 7) is 5.83. The van der Waals surface area contributed by atoms with Crippen LogP contribution in [0.25, 0.3) is 0 Å². The van der Waals surface area contributed by atoms with Gasteiger partial charge in [0.05, 0.1) is 27.4 Å². The third kappa shape index (κ3) is 6.94. The molecule has 0 spiro atoms. The molecule has 168 valence electrons. The first-order chi connectivity index (χ1) is 15.2. The second-order valence-corrected chi connectivity index (χ2v) is 7.63. The molecule has 1 saturated heterocycles.